The number of hydrogen-bond acceptors (Lipinski definition) is 4. The maximum atomic E-state index is 12.2. The van der Waals surface area contributed by atoms with E-state index in [-0.39, 0.29) is 17.6 Å². The molecule has 5 nitrogen and oxygen atoms in total. The van der Waals surface area contributed by atoms with E-state index in [9.17, 15) is 4.79 Å². The Hall–Kier alpha value is -2.16. The molecule has 150 valence electrons. The van der Waals surface area contributed by atoms with E-state index in [1.54, 1.807) is 0 Å². The van der Waals surface area contributed by atoms with E-state index < -0.39 is 0 Å². The summed E-state index contributed by atoms with van der Waals surface area (Å²) in [6.45, 7) is 2.37. The predicted molar refractivity (Wildman–Crippen MR) is 127 cm³/mol. The predicted octanol–water partition coefficient (Wildman–Crippen LogP) is 5.66. The minimum atomic E-state index is -0.351. The lowest BCUT2D eigenvalue weighted by atomic mass is 10.1. The Bertz CT molecular complexity index is 1040. The largest absolute Gasteiger partial charge is 0.494 e. The first-order valence-electron chi connectivity index (χ1n) is 8.80. The van der Waals surface area contributed by atoms with Gasteiger partial charge in [-0.25, -0.2) is 0 Å². The monoisotopic (exact) mass is 536 g/mol. The molecule has 0 saturated heterocycles. The minimum Gasteiger partial charge on any atom is -0.494 e. The molecule has 0 atom stereocenters. The van der Waals surface area contributed by atoms with Crippen LogP contribution in [0.15, 0.2) is 63.5 Å². The minimum absolute atomic E-state index is 0.161. The normalized spacial score (nSPS) is 10.4. The molecule has 0 aliphatic carbocycles. The molecule has 8 heteroatoms. The van der Waals surface area contributed by atoms with E-state index in [4.69, 9.17) is 21.7 Å². The molecule has 0 aliphatic rings. The number of fused-ring (bicyclic) bond motifs is 1. The summed E-state index contributed by atoms with van der Waals surface area (Å²) >= 11 is 12.2. The first-order valence-corrected chi connectivity index (χ1v) is 10.8. The third-order valence-corrected chi connectivity index (χ3v) is 5.43. The fraction of sp³-hybridized carbons (Fsp3) is 0.143. The Morgan fingerprint density at radius 3 is 2.52 bits per heavy atom. The van der Waals surface area contributed by atoms with E-state index >= 15 is 0 Å². The molecule has 0 unspecified atom stereocenters. The van der Waals surface area contributed by atoms with Gasteiger partial charge in [0, 0.05) is 10.2 Å². The number of ether oxygens (including phenoxy) is 2. The van der Waals surface area contributed by atoms with Crippen LogP contribution >= 0.6 is 44.1 Å². The van der Waals surface area contributed by atoms with Crippen LogP contribution < -0.4 is 20.1 Å². The highest BCUT2D eigenvalue weighted by Crippen LogP contribution is 2.34. The Balaban J connectivity index is 1.54. The van der Waals surface area contributed by atoms with E-state index in [1.165, 1.54) is 0 Å². The van der Waals surface area contributed by atoms with Gasteiger partial charge < -0.3 is 14.8 Å². The molecule has 0 aromatic heterocycles. The van der Waals surface area contributed by atoms with E-state index in [2.05, 4.69) is 42.5 Å². The lowest BCUT2D eigenvalue weighted by Gasteiger charge is -2.12. The number of anilines is 1. The van der Waals surface area contributed by atoms with Crippen molar-refractivity contribution >= 4 is 71.6 Å². The quantitative estimate of drug-likeness (QED) is 0.397. The summed E-state index contributed by atoms with van der Waals surface area (Å²) in [5.74, 6) is 1.01. The standard InChI is InChI=1S/C21H18Br2N2O3S/c1-2-27-16-7-5-15(6-8-16)24-21(29)25-19(26)12-28-18-10-3-13-11-14(22)4-9-17(13)20(18)23/h3-11H,2,12H2,1H3,(H2,24,25,26,29). The average molecular weight is 538 g/mol. The maximum absolute atomic E-state index is 12.2. The van der Waals surface area contributed by atoms with Crippen molar-refractivity contribution in [3.8, 4) is 11.5 Å². The Morgan fingerprint density at radius 1 is 1.03 bits per heavy atom. The fourth-order valence-electron chi connectivity index (χ4n) is 2.62. The smallest absolute Gasteiger partial charge is 0.264 e. The number of benzene rings is 3. The Morgan fingerprint density at radius 2 is 1.79 bits per heavy atom. The lowest BCUT2D eigenvalue weighted by Crippen LogP contribution is -2.37. The molecule has 0 heterocycles. The van der Waals surface area contributed by atoms with Gasteiger partial charge in [0.15, 0.2) is 11.7 Å². The van der Waals surface area contributed by atoms with Gasteiger partial charge in [-0.15, -0.1) is 0 Å². The van der Waals surface area contributed by atoms with Crippen molar-refractivity contribution in [3.63, 3.8) is 0 Å². The van der Waals surface area contributed by atoms with Crippen LogP contribution in [0.4, 0.5) is 5.69 Å². The summed E-state index contributed by atoms with van der Waals surface area (Å²) in [5, 5.41) is 7.82. The molecule has 0 radical (unpaired) electrons. The van der Waals surface area contributed by atoms with Crippen LogP contribution in [-0.4, -0.2) is 24.2 Å². The number of rotatable bonds is 6. The summed E-state index contributed by atoms with van der Waals surface area (Å²) in [6.07, 6.45) is 0. The van der Waals surface area contributed by atoms with Crippen LogP contribution in [0.1, 0.15) is 6.92 Å². The van der Waals surface area contributed by atoms with Gasteiger partial charge in [0.05, 0.1) is 11.1 Å². The molecule has 3 rings (SSSR count). The second kappa shape index (κ2) is 10.0. The molecule has 0 fully saturated rings. The van der Waals surface area contributed by atoms with Gasteiger partial charge in [-0.05, 0) is 88.3 Å². The molecule has 0 spiro atoms. The number of amides is 1. The molecular formula is C21H18Br2N2O3S. The van der Waals surface area contributed by atoms with Gasteiger partial charge in [-0.2, -0.15) is 0 Å². The zero-order valence-electron chi connectivity index (χ0n) is 15.5. The van der Waals surface area contributed by atoms with Crippen molar-refractivity contribution in [3.05, 3.63) is 63.5 Å². The van der Waals surface area contributed by atoms with Crippen molar-refractivity contribution in [2.24, 2.45) is 0 Å². The number of nitrogens with one attached hydrogen (secondary N) is 2. The highest BCUT2D eigenvalue weighted by molar-refractivity contribution is 9.11. The lowest BCUT2D eigenvalue weighted by molar-refractivity contribution is -0.121. The molecule has 29 heavy (non-hydrogen) atoms. The second-order valence-corrected chi connectivity index (χ2v) is 8.11. The third-order valence-electron chi connectivity index (χ3n) is 3.92. The van der Waals surface area contributed by atoms with Crippen molar-refractivity contribution in [2.75, 3.05) is 18.5 Å². The first kappa shape index (κ1) is 21.5. The number of thiocarbonyl (C=S) groups is 1. The first-order chi connectivity index (χ1) is 14.0. The van der Waals surface area contributed by atoms with Crippen LogP contribution in [0.5, 0.6) is 11.5 Å². The molecule has 3 aromatic carbocycles. The highest BCUT2D eigenvalue weighted by Gasteiger charge is 2.10. The SMILES string of the molecule is CCOc1ccc(NC(=S)NC(=O)COc2ccc3cc(Br)ccc3c2Br)cc1. The third kappa shape index (κ3) is 5.91. The summed E-state index contributed by atoms with van der Waals surface area (Å²) in [7, 11) is 0. The summed E-state index contributed by atoms with van der Waals surface area (Å²) in [6, 6.07) is 17.0. The van der Waals surface area contributed by atoms with E-state index in [0.29, 0.717) is 12.4 Å². The molecule has 2 N–H and O–H groups in total. The Kier molecular flexibility index (Phi) is 7.46. The maximum Gasteiger partial charge on any atom is 0.264 e. The number of carbonyl (C=O) groups excluding carboxylic acids is 1. The number of carbonyl (C=O) groups is 1. The second-order valence-electron chi connectivity index (χ2n) is 5.99. The van der Waals surface area contributed by atoms with Crippen molar-refractivity contribution in [2.45, 2.75) is 6.92 Å². The molecular weight excluding hydrogens is 520 g/mol. The van der Waals surface area contributed by atoms with Gasteiger partial charge >= 0.3 is 0 Å². The molecule has 1 amide bonds. The topological polar surface area (TPSA) is 59.6 Å². The van der Waals surface area contributed by atoms with Crippen LogP contribution in [0.25, 0.3) is 10.8 Å². The van der Waals surface area contributed by atoms with Gasteiger partial charge in [0.2, 0.25) is 0 Å². The van der Waals surface area contributed by atoms with Gasteiger partial charge in [0.1, 0.15) is 11.5 Å². The number of halogens is 2. The highest BCUT2D eigenvalue weighted by atomic mass is 79.9. The van der Waals surface area contributed by atoms with Crippen LogP contribution in [0, 0.1) is 0 Å². The molecule has 0 saturated carbocycles. The average Bonchev–Trinajstić information content (AvgIpc) is 2.69. The van der Waals surface area contributed by atoms with Crippen LogP contribution in [0.2, 0.25) is 0 Å². The zero-order valence-corrected chi connectivity index (χ0v) is 19.5. The van der Waals surface area contributed by atoms with Gasteiger partial charge in [-0.3, -0.25) is 10.1 Å². The van der Waals surface area contributed by atoms with E-state index in [1.807, 2.05) is 61.5 Å². The zero-order chi connectivity index (χ0) is 20.8. The van der Waals surface area contributed by atoms with Crippen molar-refractivity contribution in [1.82, 2.24) is 5.32 Å². The molecule has 3 aromatic rings. The van der Waals surface area contributed by atoms with Crippen molar-refractivity contribution in [1.29, 1.82) is 0 Å². The summed E-state index contributed by atoms with van der Waals surface area (Å²) in [5.41, 5.74) is 0.753. The summed E-state index contributed by atoms with van der Waals surface area (Å²) < 4.78 is 12.8. The van der Waals surface area contributed by atoms with Gasteiger partial charge in [0.25, 0.3) is 5.91 Å². The van der Waals surface area contributed by atoms with E-state index in [0.717, 1.165) is 31.2 Å². The number of hydrogen-bond donors (Lipinski definition) is 2. The Labute approximate surface area is 191 Å². The van der Waals surface area contributed by atoms with Crippen LogP contribution in [-0.2, 0) is 4.79 Å². The summed E-state index contributed by atoms with van der Waals surface area (Å²) in [4.78, 5) is 12.2. The molecule has 0 aliphatic heterocycles. The van der Waals surface area contributed by atoms with Crippen LogP contribution in [0.3, 0.4) is 0 Å². The van der Waals surface area contributed by atoms with Gasteiger partial charge in [-0.1, -0.05) is 28.1 Å². The van der Waals surface area contributed by atoms with Crippen molar-refractivity contribution < 1.29 is 14.3 Å². The fourth-order valence-corrected chi connectivity index (χ4v) is 3.84. The molecule has 0 bridgehead atoms.